The monoisotopic (exact) mass is 375 g/mol. The van der Waals surface area contributed by atoms with E-state index in [1.54, 1.807) is 30.2 Å². The van der Waals surface area contributed by atoms with Gasteiger partial charge in [0.1, 0.15) is 11.4 Å². The van der Waals surface area contributed by atoms with Crippen LogP contribution in [0.4, 0.5) is 10.5 Å². The average molecular weight is 375 g/mol. The highest BCUT2D eigenvalue weighted by Gasteiger charge is 2.37. The summed E-state index contributed by atoms with van der Waals surface area (Å²) in [6.45, 7) is 8.01. The van der Waals surface area contributed by atoms with Crippen molar-refractivity contribution in [3.8, 4) is 5.75 Å². The van der Waals surface area contributed by atoms with Crippen LogP contribution in [-0.4, -0.2) is 73.1 Å². The standard InChI is InChI=1S/C19H25N3O5/c1-19(2,3)27-18(25)21-9-7-20(8-10-21)12-22-15-11-13(26-4)5-6-14(15)16(23)17(22)24/h5-6,11H,7-10,12H2,1-4H3. The summed E-state index contributed by atoms with van der Waals surface area (Å²) in [5.41, 5.74) is 0.436. The summed E-state index contributed by atoms with van der Waals surface area (Å²) >= 11 is 0. The number of carbonyl (C=O) groups is 3. The molecule has 1 aromatic rings. The van der Waals surface area contributed by atoms with E-state index in [4.69, 9.17) is 9.47 Å². The van der Waals surface area contributed by atoms with Crippen molar-refractivity contribution in [1.29, 1.82) is 0 Å². The van der Waals surface area contributed by atoms with E-state index in [0.29, 0.717) is 49.8 Å². The van der Waals surface area contributed by atoms with E-state index in [-0.39, 0.29) is 6.09 Å². The first-order valence-electron chi connectivity index (χ1n) is 8.94. The zero-order valence-electron chi connectivity index (χ0n) is 16.2. The zero-order valence-corrected chi connectivity index (χ0v) is 16.2. The summed E-state index contributed by atoms with van der Waals surface area (Å²) in [7, 11) is 1.54. The molecule has 0 aromatic heterocycles. The maximum absolute atomic E-state index is 12.4. The minimum atomic E-state index is -0.534. The quantitative estimate of drug-likeness (QED) is 0.749. The number of piperazine rings is 1. The Morgan fingerprint density at radius 3 is 2.37 bits per heavy atom. The molecule has 0 unspecified atom stereocenters. The van der Waals surface area contributed by atoms with Gasteiger partial charge in [-0.05, 0) is 32.9 Å². The number of benzene rings is 1. The maximum atomic E-state index is 12.4. The number of fused-ring (bicyclic) bond motifs is 1. The molecule has 8 heteroatoms. The van der Waals surface area contributed by atoms with Crippen molar-refractivity contribution in [1.82, 2.24) is 9.80 Å². The van der Waals surface area contributed by atoms with Crippen molar-refractivity contribution in [3.05, 3.63) is 23.8 Å². The number of rotatable bonds is 3. The highest BCUT2D eigenvalue weighted by molar-refractivity contribution is 6.52. The fourth-order valence-corrected chi connectivity index (χ4v) is 3.14. The van der Waals surface area contributed by atoms with E-state index < -0.39 is 17.3 Å². The molecule has 146 valence electrons. The predicted octanol–water partition coefficient (Wildman–Crippen LogP) is 1.73. The summed E-state index contributed by atoms with van der Waals surface area (Å²) in [6.07, 6.45) is -0.329. The van der Waals surface area contributed by atoms with E-state index in [1.807, 2.05) is 25.7 Å². The number of hydrogen-bond donors (Lipinski definition) is 0. The van der Waals surface area contributed by atoms with Crippen LogP contribution in [0, 0.1) is 0 Å². The minimum absolute atomic E-state index is 0.299. The molecule has 8 nitrogen and oxygen atoms in total. The van der Waals surface area contributed by atoms with Crippen LogP contribution in [-0.2, 0) is 9.53 Å². The molecule has 2 amide bonds. The molecule has 0 atom stereocenters. The number of methoxy groups -OCH3 is 1. The Bertz CT molecular complexity index is 763. The van der Waals surface area contributed by atoms with Gasteiger partial charge in [-0.15, -0.1) is 0 Å². The first kappa shape index (κ1) is 19.2. The van der Waals surface area contributed by atoms with Crippen LogP contribution >= 0.6 is 0 Å². The molecule has 0 spiro atoms. The van der Waals surface area contributed by atoms with Crippen molar-refractivity contribution >= 4 is 23.5 Å². The van der Waals surface area contributed by atoms with Crippen molar-refractivity contribution in [2.75, 3.05) is 44.9 Å². The highest BCUT2D eigenvalue weighted by Crippen LogP contribution is 2.32. The van der Waals surface area contributed by atoms with E-state index in [1.165, 1.54) is 4.90 Å². The largest absolute Gasteiger partial charge is 0.497 e. The molecule has 0 aliphatic carbocycles. The van der Waals surface area contributed by atoms with Gasteiger partial charge >= 0.3 is 12.0 Å². The normalized spacial score (nSPS) is 17.9. The smallest absolute Gasteiger partial charge is 0.410 e. The van der Waals surface area contributed by atoms with Crippen LogP contribution in [0.25, 0.3) is 0 Å². The lowest BCUT2D eigenvalue weighted by Crippen LogP contribution is -2.53. The molecule has 1 aromatic carbocycles. The van der Waals surface area contributed by atoms with Crippen LogP contribution < -0.4 is 9.64 Å². The molecule has 0 radical (unpaired) electrons. The zero-order chi connectivity index (χ0) is 19.8. The molecule has 1 saturated heterocycles. The van der Waals surface area contributed by atoms with Crippen molar-refractivity contribution in [2.45, 2.75) is 26.4 Å². The fraction of sp³-hybridized carbons (Fsp3) is 0.526. The number of anilines is 1. The van der Waals surface area contributed by atoms with Crippen molar-refractivity contribution in [2.24, 2.45) is 0 Å². The van der Waals surface area contributed by atoms with Gasteiger partial charge in [-0.2, -0.15) is 0 Å². The molecule has 1 fully saturated rings. The summed E-state index contributed by atoms with van der Waals surface area (Å²) in [4.78, 5) is 41.9. The van der Waals surface area contributed by atoms with Crippen molar-refractivity contribution in [3.63, 3.8) is 0 Å². The van der Waals surface area contributed by atoms with Crippen LogP contribution in [0.1, 0.15) is 31.1 Å². The second kappa shape index (κ2) is 7.19. The lowest BCUT2D eigenvalue weighted by molar-refractivity contribution is -0.114. The number of amides is 2. The van der Waals surface area contributed by atoms with Crippen LogP contribution in [0.3, 0.4) is 0 Å². The summed E-state index contributed by atoms with van der Waals surface area (Å²) in [5, 5.41) is 0. The Morgan fingerprint density at radius 2 is 1.78 bits per heavy atom. The number of ether oxygens (including phenoxy) is 2. The highest BCUT2D eigenvalue weighted by atomic mass is 16.6. The van der Waals surface area contributed by atoms with Gasteiger partial charge < -0.3 is 14.4 Å². The number of carbonyl (C=O) groups excluding carboxylic acids is 3. The molecular formula is C19H25N3O5. The summed E-state index contributed by atoms with van der Waals surface area (Å²) < 4.78 is 10.6. The topological polar surface area (TPSA) is 79.4 Å². The van der Waals surface area contributed by atoms with Crippen molar-refractivity contribution < 1.29 is 23.9 Å². The van der Waals surface area contributed by atoms with Gasteiger partial charge in [0, 0.05) is 32.2 Å². The number of Topliss-reactive ketones (excluding diaryl/α,β-unsaturated/α-hetero) is 1. The molecule has 0 N–H and O–H groups in total. The van der Waals surface area contributed by atoms with E-state index in [2.05, 4.69) is 0 Å². The lowest BCUT2D eigenvalue weighted by Gasteiger charge is -2.37. The van der Waals surface area contributed by atoms with Gasteiger partial charge in [-0.3, -0.25) is 19.4 Å². The number of nitrogens with zero attached hydrogens (tertiary/aromatic N) is 3. The van der Waals surface area contributed by atoms with Crippen LogP contribution in [0.5, 0.6) is 5.75 Å². The van der Waals surface area contributed by atoms with Gasteiger partial charge in [-0.1, -0.05) is 0 Å². The Balaban J connectivity index is 1.64. The third kappa shape index (κ3) is 4.05. The fourth-order valence-electron chi connectivity index (χ4n) is 3.14. The second-order valence-corrected chi connectivity index (χ2v) is 7.67. The first-order valence-corrected chi connectivity index (χ1v) is 8.94. The third-order valence-electron chi connectivity index (χ3n) is 4.55. The van der Waals surface area contributed by atoms with E-state index in [9.17, 15) is 14.4 Å². The third-order valence-corrected chi connectivity index (χ3v) is 4.55. The minimum Gasteiger partial charge on any atom is -0.497 e. The van der Waals surface area contributed by atoms with Gasteiger partial charge in [0.15, 0.2) is 0 Å². The van der Waals surface area contributed by atoms with Gasteiger partial charge in [0.05, 0.1) is 25.0 Å². The Morgan fingerprint density at radius 1 is 1.11 bits per heavy atom. The average Bonchev–Trinajstić information content (AvgIpc) is 2.85. The Kier molecular flexibility index (Phi) is 5.10. The van der Waals surface area contributed by atoms with Gasteiger partial charge in [-0.25, -0.2) is 4.79 Å². The summed E-state index contributed by atoms with van der Waals surface area (Å²) in [5.74, 6) is -0.441. The molecule has 2 aliphatic heterocycles. The van der Waals surface area contributed by atoms with Gasteiger partial charge in [0.2, 0.25) is 0 Å². The lowest BCUT2D eigenvalue weighted by atomic mass is 10.1. The van der Waals surface area contributed by atoms with E-state index in [0.717, 1.165) is 0 Å². The predicted molar refractivity (Wildman–Crippen MR) is 99.1 cm³/mol. The molecule has 0 bridgehead atoms. The van der Waals surface area contributed by atoms with Crippen LogP contribution in [0.2, 0.25) is 0 Å². The van der Waals surface area contributed by atoms with E-state index >= 15 is 0 Å². The molecule has 3 rings (SSSR count). The molecular weight excluding hydrogens is 350 g/mol. The Labute approximate surface area is 158 Å². The number of ketones is 1. The Hall–Kier alpha value is -2.61. The molecule has 0 saturated carbocycles. The number of hydrogen-bond acceptors (Lipinski definition) is 6. The maximum Gasteiger partial charge on any atom is 0.410 e. The van der Waals surface area contributed by atoms with Gasteiger partial charge in [0.25, 0.3) is 5.78 Å². The second-order valence-electron chi connectivity index (χ2n) is 7.67. The molecule has 2 aliphatic rings. The SMILES string of the molecule is COc1ccc2c(c1)N(CN1CCN(C(=O)OC(C)(C)C)CC1)C(=O)C2=O. The first-order chi connectivity index (χ1) is 12.7. The van der Waals surface area contributed by atoms with Crippen LogP contribution in [0.15, 0.2) is 18.2 Å². The summed E-state index contributed by atoms with van der Waals surface area (Å²) in [6, 6.07) is 5.00. The molecule has 2 heterocycles. The molecule has 27 heavy (non-hydrogen) atoms.